The van der Waals surface area contributed by atoms with E-state index in [-0.39, 0.29) is 23.8 Å². The van der Waals surface area contributed by atoms with Crippen molar-refractivity contribution in [1.29, 1.82) is 0 Å². The van der Waals surface area contributed by atoms with Gasteiger partial charge in [-0.1, -0.05) is 0 Å². The first-order valence-electron chi connectivity index (χ1n) is 11.0. The average molecular weight is 378 g/mol. The molecule has 6 heteroatoms. The number of unbranched alkanes of at least 4 members (excludes halogenated alkanes) is 1. The first-order valence-corrected chi connectivity index (χ1v) is 11.0. The second kappa shape index (κ2) is 8.48. The Bertz CT molecular complexity index is 510. The lowest BCUT2D eigenvalue weighted by molar-refractivity contribution is -0.147. The van der Waals surface area contributed by atoms with Crippen molar-refractivity contribution in [2.24, 2.45) is 23.2 Å². The number of hydrogen-bond donors (Lipinski definition) is 2. The molecule has 2 amide bonds. The first kappa shape index (κ1) is 19.2. The Morgan fingerprint density at radius 2 is 1.56 bits per heavy atom. The van der Waals surface area contributed by atoms with Crippen molar-refractivity contribution < 1.29 is 14.3 Å². The fraction of sp³-hybridized carbons (Fsp3) is 0.905. The molecule has 1 aliphatic heterocycles. The van der Waals surface area contributed by atoms with Gasteiger partial charge in [0.1, 0.15) is 0 Å². The van der Waals surface area contributed by atoms with E-state index in [1.165, 1.54) is 19.3 Å². The van der Waals surface area contributed by atoms with Crippen LogP contribution in [0.25, 0.3) is 0 Å². The van der Waals surface area contributed by atoms with E-state index in [1.807, 2.05) is 0 Å². The molecule has 4 saturated carbocycles. The molecule has 0 radical (unpaired) electrons. The maximum Gasteiger partial charge on any atom is 0.239 e. The molecule has 1 heterocycles. The molecule has 0 aromatic rings. The van der Waals surface area contributed by atoms with Crippen LogP contribution < -0.4 is 10.6 Å². The Hall–Kier alpha value is -1.14. The molecule has 1 saturated heterocycles. The zero-order chi connectivity index (χ0) is 18.7. The standard InChI is InChI=1S/C21H35N3O3/c25-19(22-3-1-2-4-24-5-7-27-8-6-24)15-23-20(26)21-12-16-9-17(13-21)11-18(10-16)14-21/h16-18H,1-15H2,(H,22,25)(H,23,26). The summed E-state index contributed by atoms with van der Waals surface area (Å²) in [6.45, 7) is 5.59. The van der Waals surface area contributed by atoms with E-state index < -0.39 is 0 Å². The first-order chi connectivity index (χ1) is 13.1. The number of amides is 2. The summed E-state index contributed by atoms with van der Waals surface area (Å²) in [5.74, 6) is 2.34. The smallest absolute Gasteiger partial charge is 0.239 e. The molecule has 5 aliphatic rings. The minimum absolute atomic E-state index is 0.0561. The van der Waals surface area contributed by atoms with Crippen molar-refractivity contribution in [3.8, 4) is 0 Å². The van der Waals surface area contributed by atoms with E-state index in [9.17, 15) is 9.59 Å². The van der Waals surface area contributed by atoms with E-state index in [1.54, 1.807) is 0 Å². The number of rotatable bonds is 8. The zero-order valence-electron chi connectivity index (χ0n) is 16.5. The van der Waals surface area contributed by atoms with Crippen LogP contribution in [0.2, 0.25) is 0 Å². The van der Waals surface area contributed by atoms with Gasteiger partial charge in [-0.25, -0.2) is 0 Å². The van der Waals surface area contributed by atoms with Crippen LogP contribution in [0.4, 0.5) is 0 Å². The highest BCUT2D eigenvalue weighted by molar-refractivity contribution is 5.88. The lowest BCUT2D eigenvalue weighted by Crippen LogP contribution is -2.54. The maximum atomic E-state index is 12.8. The van der Waals surface area contributed by atoms with Gasteiger partial charge in [-0.15, -0.1) is 0 Å². The summed E-state index contributed by atoms with van der Waals surface area (Å²) >= 11 is 0. The van der Waals surface area contributed by atoms with Crippen molar-refractivity contribution in [1.82, 2.24) is 15.5 Å². The minimum Gasteiger partial charge on any atom is -0.379 e. The van der Waals surface area contributed by atoms with E-state index in [4.69, 9.17) is 4.74 Å². The van der Waals surface area contributed by atoms with Crippen LogP contribution in [0.15, 0.2) is 0 Å². The summed E-state index contributed by atoms with van der Waals surface area (Å²) in [6, 6.07) is 0. The Morgan fingerprint density at radius 3 is 2.19 bits per heavy atom. The summed E-state index contributed by atoms with van der Waals surface area (Å²) < 4.78 is 5.35. The molecule has 152 valence electrons. The van der Waals surface area contributed by atoms with Crippen molar-refractivity contribution in [3.05, 3.63) is 0 Å². The molecule has 0 aromatic heterocycles. The van der Waals surface area contributed by atoms with Gasteiger partial charge in [-0.3, -0.25) is 14.5 Å². The quantitative estimate of drug-likeness (QED) is 0.630. The fourth-order valence-electron chi connectivity index (χ4n) is 6.31. The van der Waals surface area contributed by atoms with Crippen molar-refractivity contribution in [3.63, 3.8) is 0 Å². The van der Waals surface area contributed by atoms with Crippen LogP contribution in [-0.2, 0) is 14.3 Å². The van der Waals surface area contributed by atoms with Gasteiger partial charge in [0.2, 0.25) is 11.8 Å². The van der Waals surface area contributed by atoms with Gasteiger partial charge < -0.3 is 15.4 Å². The summed E-state index contributed by atoms with van der Waals surface area (Å²) in [7, 11) is 0. The monoisotopic (exact) mass is 377 g/mol. The number of nitrogens with zero attached hydrogens (tertiary/aromatic N) is 1. The van der Waals surface area contributed by atoms with Gasteiger partial charge in [0.15, 0.2) is 0 Å². The lowest BCUT2D eigenvalue weighted by atomic mass is 9.49. The Kier molecular flexibility index (Phi) is 6.02. The lowest BCUT2D eigenvalue weighted by Gasteiger charge is -2.55. The van der Waals surface area contributed by atoms with Crippen LogP contribution in [0.1, 0.15) is 51.4 Å². The normalized spacial score (nSPS) is 35.2. The molecule has 27 heavy (non-hydrogen) atoms. The molecule has 0 aromatic carbocycles. The highest BCUT2D eigenvalue weighted by Gasteiger charge is 2.54. The summed E-state index contributed by atoms with van der Waals surface area (Å²) in [5.41, 5.74) is -0.160. The molecule has 6 nitrogen and oxygen atoms in total. The van der Waals surface area contributed by atoms with E-state index in [2.05, 4.69) is 15.5 Å². The highest BCUT2D eigenvalue weighted by atomic mass is 16.5. The number of carbonyl (C=O) groups excluding carboxylic acids is 2. The van der Waals surface area contributed by atoms with Gasteiger partial charge in [0.05, 0.1) is 19.8 Å². The molecule has 0 unspecified atom stereocenters. The average Bonchev–Trinajstić information content (AvgIpc) is 2.65. The van der Waals surface area contributed by atoms with Gasteiger partial charge >= 0.3 is 0 Å². The van der Waals surface area contributed by atoms with Gasteiger partial charge in [0.25, 0.3) is 0 Å². The van der Waals surface area contributed by atoms with Crippen LogP contribution in [0.5, 0.6) is 0 Å². The fourth-order valence-corrected chi connectivity index (χ4v) is 6.31. The molecule has 4 bridgehead atoms. The largest absolute Gasteiger partial charge is 0.379 e. The molecular weight excluding hydrogens is 342 g/mol. The predicted molar refractivity (Wildman–Crippen MR) is 103 cm³/mol. The third-order valence-corrected chi connectivity index (χ3v) is 7.26. The Balaban J connectivity index is 1.11. The van der Waals surface area contributed by atoms with Gasteiger partial charge in [-0.05, 0) is 75.7 Å². The molecule has 2 N–H and O–H groups in total. The summed E-state index contributed by atoms with van der Waals surface area (Å²) in [4.78, 5) is 27.3. The van der Waals surface area contributed by atoms with Crippen LogP contribution in [0, 0.1) is 23.2 Å². The number of nitrogens with one attached hydrogen (secondary N) is 2. The van der Waals surface area contributed by atoms with E-state index in [0.717, 1.165) is 82.7 Å². The maximum absolute atomic E-state index is 12.8. The van der Waals surface area contributed by atoms with Gasteiger partial charge in [0, 0.05) is 25.0 Å². The Morgan fingerprint density at radius 1 is 0.926 bits per heavy atom. The van der Waals surface area contributed by atoms with E-state index >= 15 is 0 Å². The molecule has 0 atom stereocenters. The summed E-state index contributed by atoms with van der Waals surface area (Å²) in [6.07, 6.45) is 9.20. The number of hydrogen-bond acceptors (Lipinski definition) is 4. The molecule has 5 fully saturated rings. The molecule has 0 spiro atoms. The molecule has 5 rings (SSSR count). The van der Waals surface area contributed by atoms with Crippen molar-refractivity contribution in [2.45, 2.75) is 51.4 Å². The molecular formula is C21H35N3O3. The second-order valence-corrected chi connectivity index (χ2v) is 9.39. The SMILES string of the molecule is O=C(CNC(=O)C12CC3CC(CC(C3)C1)C2)NCCCCN1CCOCC1. The van der Waals surface area contributed by atoms with Crippen molar-refractivity contribution in [2.75, 3.05) is 45.9 Å². The number of morpholine rings is 1. The van der Waals surface area contributed by atoms with Crippen molar-refractivity contribution >= 4 is 11.8 Å². The second-order valence-electron chi connectivity index (χ2n) is 9.39. The van der Waals surface area contributed by atoms with E-state index in [0.29, 0.717) is 6.54 Å². The number of ether oxygens (including phenoxy) is 1. The predicted octanol–water partition coefficient (Wildman–Crippen LogP) is 1.55. The summed E-state index contributed by atoms with van der Waals surface area (Å²) in [5, 5.41) is 5.91. The number of carbonyl (C=O) groups is 2. The highest BCUT2D eigenvalue weighted by Crippen LogP contribution is 2.60. The van der Waals surface area contributed by atoms with Crippen LogP contribution in [-0.4, -0.2) is 62.7 Å². The van der Waals surface area contributed by atoms with Gasteiger partial charge in [-0.2, -0.15) is 0 Å². The molecule has 4 aliphatic carbocycles. The van der Waals surface area contributed by atoms with Crippen LogP contribution in [0.3, 0.4) is 0 Å². The topological polar surface area (TPSA) is 70.7 Å². The minimum atomic E-state index is -0.160. The third kappa shape index (κ3) is 4.65. The Labute approximate surface area is 162 Å². The zero-order valence-corrected chi connectivity index (χ0v) is 16.5. The van der Waals surface area contributed by atoms with Crippen LogP contribution >= 0.6 is 0 Å². The third-order valence-electron chi connectivity index (χ3n) is 7.26.